The van der Waals surface area contributed by atoms with Crippen LogP contribution in [0.15, 0.2) is 11.4 Å². The van der Waals surface area contributed by atoms with Crippen LogP contribution in [0.2, 0.25) is 0 Å². The molecule has 88 valence electrons. The molecule has 1 N–H and O–H groups in total. The predicted octanol–water partition coefficient (Wildman–Crippen LogP) is 1.10. The minimum atomic E-state index is 0.243. The van der Waals surface area contributed by atoms with Crippen LogP contribution in [0.5, 0.6) is 0 Å². The van der Waals surface area contributed by atoms with Gasteiger partial charge >= 0.3 is 0 Å². The third-order valence-corrected chi connectivity index (χ3v) is 2.77. The van der Waals surface area contributed by atoms with Crippen molar-refractivity contribution < 1.29 is 9.94 Å². The van der Waals surface area contributed by atoms with E-state index in [2.05, 4.69) is 15.5 Å². The first-order valence-corrected chi connectivity index (χ1v) is 5.44. The average molecular weight is 224 g/mol. The van der Waals surface area contributed by atoms with E-state index in [4.69, 9.17) is 9.94 Å². The van der Waals surface area contributed by atoms with Gasteiger partial charge in [-0.3, -0.25) is 4.68 Å². The predicted molar refractivity (Wildman–Crippen MR) is 57.3 cm³/mol. The van der Waals surface area contributed by atoms with Crippen LogP contribution in [0.1, 0.15) is 31.4 Å². The summed E-state index contributed by atoms with van der Waals surface area (Å²) in [5.74, 6) is 0. The lowest BCUT2D eigenvalue weighted by Gasteiger charge is -2.22. The molecule has 0 aliphatic heterocycles. The van der Waals surface area contributed by atoms with Gasteiger partial charge in [-0.1, -0.05) is 10.4 Å². The zero-order valence-electron chi connectivity index (χ0n) is 9.33. The Hall–Kier alpha value is -1.43. The second-order valence-corrected chi connectivity index (χ2v) is 4.06. The molecule has 2 rings (SSSR count). The lowest BCUT2D eigenvalue weighted by atomic mass is 9.96. The molecule has 1 aromatic heterocycles. The molecule has 0 aromatic carbocycles. The van der Waals surface area contributed by atoms with E-state index in [1.807, 2.05) is 13.2 Å². The van der Waals surface area contributed by atoms with E-state index in [-0.39, 0.29) is 6.10 Å². The molecule has 1 aromatic rings. The maximum Gasteiger partial charge on any atom is 0.108 e. The minimum absolute atomic E-state index is 0.243. The Kier molecular flexibility index (Phi) is 3.51. The summed E-state index contributed by atoms with van der Waals surface area (Å²) in [4.78, 5) is 0. The van der Waals surface area contributed by atoms with Crippen molar-refractivity contribution >= 4 is 5.71 Å². The second kappa shape index (κ2) is 5.07. The van der Waals surface area contributed by atoms with Gasteiger partial charge < -0.3 is 9.94 Å². The quantitative estimate of drug-likeness (QED) is 0.616. The van der Waals surface area contributed by atoms with E-state index in [1.54, 1.807) is 4.68 Å². The number of nitrogens with zero attached hydrogens (tertiary/aromatic N) is 4. The lowest BCUT2D eigenvalue weighted by Crippen LogP contribution is -2.21. The van der Waals surface area contributed by atoms with Crippen LogP contribution in [-0.2, 0) is 18.4 Å². The molecule has 0 unspecified atom stereocenters. The summed E-state index contributed by atoms with van der Waals surface area (Å²) in [6.07, 6.45) is 5.57. The fraction of sp³-hybridized carbons (Fsp3) is 0.700. The zero-order valence-corrected chi connectivity index (χ0v) is 9.33. The van der Waals surface area contributed by atoms with E-state index < -0.39 is 0 Å². The van der Waals surface area contributed by atoms with Gasteiger partial charge in [0.15, 0.2) is 0 Å². The zero-order chi connectivity index (χ0) is 11.4. The highest BCUT2D eigenvalue weighted by Gasteiger charge is 2.18. The molecule has 1 aliphatic rings. The van der Waals surface area contributed by atoms with Crippen molar-refractivity contribution in [2.24, 2.45) is 12.2 Å². The van der Waals surface area contributed by atoms with E-state index in [0.717, 1.165) is 37.1 Å². The van der Waals surface area contributed by atoms with Crippen molar-refractivity contribution in [2.75, 3.05) is 0 Å². The normalized spacial score (nSPS) is 21.1. The largest absolute Gasteiger partial charge is 0.411 e. The van der Waals surface area contributed by atoms with Crippen molar-refractivity contribution in [2.45, 2.75) is 38.4 Å². The Morgan fingerprint density at radius 3 is 2.88 bits per heavy atom. The Balaban J connectivity index is 1.75. The fourth-order valence-corrected chi connectivity index (χ4v) is 1.86. The Labute approximate surface area is 93.9 Å². The van der Waals surface area contributed by atoms with Crippen molar-refractivity contribution in [3.05, 3.63) is 11.9 Å². The Morgan fingerprint density at radius 2 is 2.31 bits per heavy atom. The highest BCUT2D eigenvalue weighted by molar-refractivity contribution is 5.84. The highest BCUT2D eigenvalue weighted by atomic mass is 16.5. The molecule has 0 saturated heterocycles. The second-order valence-electron chi connectivity index (χ2n) is 4.06. The number of ether oxygens (including phenoxy) is 1. The molecule has 16 heavy (non-hydrogen) atoms. The van der Waals surface area contributed by atoms with Crippen molar-refractivity contribution in [3.63, 3.8) is 0 Å². The fourth-order valence-electron chi connectivity index (χ4n) is 1.86. The third kappa shape index (κ3) is 2.79. The van der Waals surface area contributed by atoms with Crippen molar-refractivity contribution in [1.29, 1.82) is 0 Å². The maximum absolute atomic E-state index is 8.61. The minimum Gasteiger partial charge on any atom is -0.411 e. The molecule has 6 nitrogen and oxygen atoms in total. The summed E-state index contributed by atoms with van der Waals surface area (Å²) < 4.78 is 7.39. The number of rotatable bonds is 3. The number of aryl methyl sites for hydroxylation is 1. The van der Waals surface area contributed by atoms with Gasteiger partial charge in [-0.2, -0.15) is 0 Å². The number of aromatic nitrogens is 3. The topological polar surface area (TPSA) is 72.5 Å². The van der Waals surface area contributed by atoms with Crippen LogP contribution in [0.4, 0.5) is 0 Å². The summed E-state index contributed by atoms with van der Waals surface area (Å²) in [5.41, 5.74) is 1.73. The van der Waals surface area contributed by atoms with Crippen LogP contribution in [0, 0.1) is 0 Å². The van der Waals surface area contributed by atoms with E-state index in [1.165, 1.54) is 0 Å². The number of oxime groups is 1. The molecule has 1 fully saturated rings. The van der Waals surface area contributed by atoms with Crippen LogP contribution >= 0.6 is 0 Å². The molecule has 6 heteroatoms. The van der Waals surface area contributed by atoms with E-state index >= 15 is 0 Å². The first-order valence-electron chi connectivity index (χ1n) is 5.44. The average Bonchev–Trinajstić information content (AvgIpc) is 2.73. The van der Waals surface area contributed by atoms with Crippen molar-refractivity contribution in [3.8, 4) is 0 Å². The van der Waals surface area contributed by atoms with Gasteiger partial charge in [0.05, 0.1) is 24.6 Å². The summed E-state index contributed by atoms with van der Waals surface area (Å²) in [6, 6.07) is 0. The number of hydrogen-bond donors (Lipinski definition) is 1. The summed E-state index contributed by atoms with van der Waals surface area (Å²) in [6.45, 7) is 0.504. The molecule has 0 amide bonds. The highest BCUT2D eigenvalue weighted by Crippen LogP contribution is 2.19. The number of hydrogen-bond acceptors (Lipinski definition) is 5. The van der Waals surface area contributed by atoms with Gasteiger partial charge in [-0.25, -0.2) is 0 Å². The van der Waals surface area contributed by atoms with Crippen LogP contribution in [-0.4, -0.2) is 32.0 Å². The van der Waals surface area contributed by atoms with Crippen LogP contribution in [0.3, 0.4) is 0 Å². The molecule has 1 saturated carbocycles. The molecule has 0 radical (unpaired) electrons. The standard InChI is InChI=1S/C10H16N4O2/c1-14-6-9(11-13-14)7-16-10-4-2-8(12-15)3-5-10/h6,10,15H,2-5,7H2,1H3. The van der Waals surface area contributed by atoms with Gasteiger partial charge in [-0.05, 0) is 25.7 Å². The van der Waals surface area contributed by atoms with E-state index in [9.17, 15) is 0 Å². The summed E-state index contributed by atoms with van der Waals surface area (Å²) in [7, 11) is 1.83. The van der Waals surface area contributed by atoms with Gasteiger partial charge in [-0.15, -0.1) is 5.10 Å². The Bertz CT molecular complexity index is 365. The molecule has 0 atom stereocenters. The molecule has 0 spiro atoms. The third-order valence-electron chi connectivity index (χ3n) is 2.77. The summed E-state index contributed by atoms with van der Waals surface area (Å²) >= 11 is 0. The summed E-state index contributed by atoms with van der Waals surface area (Å²) in [5, 5.41) is 19.6. The van der Waals surface area contributed by atoms with Gasteiger partial charge in [0, 0.05) is 7.05 Å². The van der Waals surface area contributed by atoms with Crippen LogP contribution in [0.25, 0.3) is 0 Å². The molecule has 0 bridgehead atoms. The van der Waals surface area contributed by atoms with Crippen LogP contribution < -0.4 is 0 Å². The lowest BCUT2D eigenvalue weighted by molar-refractivity contribution is 0.0259. The molecule has 1 aliphatic carbocycles. The van der Waals surface area contributed by atoms with E-state index in [0.29, 0.717) is 6.61 Å². The molecule has 1 heterocycles. The molecular weight excluding hydrogens is 208 g/mol. The molecular formula is C10H16N4O2. The van der Waals surface area contributed by atoms with Crippen molar-refractivity contribution in [1.82, 2.24) is 15.0 Å². The van der Waals surface area contributed by atoms with Gasteiger partial charge in [0.1, 0.15) is 5.69 Å². The van der Waals surface area contributed by atoms with Gasteiger partial charge in [0.2, 0.25) is 0 Å². The smallest absolute Gasteiger partial charge is 0.108 e. The van der Waals surface area contributed by atoms with Gasteiger partial charge in [0.25, 0.3) is 0 Å². The maximum atomic E-state index is 8.61. The Morgan fingerprint density at radius 1 is 1.56 bits per heavy atom. The monoisotopic (exact) mass is 224 g/mol. The SMILES string of the molecule is Cn1cc(COC2CCC(=NO)CC2)nn1. The first kappa shape index (κ1) is 11.1. The first-order chi connectivity index (χ1) is 7.78.